The summed E-state index contributed by atoms with van der Waals surface area (Å²) in [4.78, 5) is 28.1. The molecule has 6 heteroatoms. The molecule has 1 aliphatic carbocycles. The highest BCUT2D eigenvalue weighted by Crippen LogP contribution is 2.44. The van der Waals surface area contributed by atoms with Gasteiger partial charge in [-0.3, -0.25) is 9.69 Å². The maximum atomic E-state index is 12.8. The van der Waals surface area contributed by atoms with Crippen molar-refractivity contribution >= 4 is 12.1 Å². The molecule has 0 spiro atoms. The summed E-state index contributed by atoms with van der Waals surface area (Å²) in [5.41, 5.74) is 4.86. The van der Waals surface area contributed by atoms with Crippen molar-refractivity contribution < 1.29 is 19.4 Å². The van der Waals surface area contributed by atoms with Gasteiger partial charge in [-0.2, -0.15) is 0 Å². The summed E-state index contributed by atoms with van der Waals surface area (Å²) >= 11 is 0. The first kappa shape index (κ1) is 19.1. The molecule has 0 aromatic heterocycles. The third-order valence-electron chi connectivity index (χ3n) is 6.85. The SMILES string of the molecule is O=C(O)C1CCC2CN(C(=O)OCC3c4ccccc4-c4ccccc43)CCN2C1. The molecule has 0 radical (unpaired) electrons. The Morgan fingerprint density at radius 3 is 2.27 bits per heavy atom. The molecule has 1 amide bonds. The minimum absolute atomic E-state index is 0.0636. The number of fused-ring (bicyclic) bond motifs is 4. The smallest absolute Gasteiger partial charge is 0.409 e. The lowest BCUT2D eigenvalue weighted by atomic mass is 9.91. The minimum atomic E-state index is -0.715. The quantitative estimate of drug-likeness (QED) is 0.846. The lowest BCUT2D eigenvalue weighted by molar-refractivity contribution is -0.144. The summed E-state index contributed by atoms with van der Waals surface area (Å²) in [5.74, 6) is -0.941. The molecule has 2 atom stereocenters. The van der Waals surface area contributed by atoms with Gasteiger partial charge in [-0.1, -0.05) is 48.5 Å². The zero-order chi connectivity index (χ0) is 20.7. The number of carbonyl (C=O) groups is 2. The van der Waals surface area contributed by atoms with E-state index < -0.39 is 5.97 Å². The molecule has 2 saturated heterocycles. The van der Waals surface area contributed by atoms with Crippen LogP contribution >= 0.6 is 0 Å². The van der Waals surface area contributed by atoms with Gasteiger partial charge in [-0.15, -0.1) is 0 Å². The van der Waals surface area contributed by atoms with Crippen molar-refractivity contribution in [3.05, 3.63) is 59.7 Å². The summed E-state index contributed by atoms with van der Waals surface area (Å²) in [7, 11) is 0. The summed E-state index contributed by atoms with van der Waals surface area (Å²) in [6, 6.07) is 16.9. The number of carbonyl (C=O) groups excluding carboxylic acids is 1. The molecule has 2 aliphatic heterocycles. The van der Waals surface area contributed by atoms with Crippen LogP contribution in [0.5, 0.6) is 0 Å². The van der Waals surface area contributed by atoms with Crippen LogP contribution in [-0.2, 0) is 9.53 Å². The summed E-state index contributed by atoms with van der Waals surface area (Å²) in [5, 5.41) is 9.27. The first-order valence-electron chi connectivity index (χ1n) is 10.7. The fraction of sp³-hybridized carbons (Fsp3) is 0.417. The van der Waals surface area contributed by atoms with Gasteiger partial charge < -0.3 is 14.7 Å². The van der Waals surface area contributed by atoms with E-state index in [0.717, 1.165) is 6.42 Å². The van der Waals surface area contributed by atoms with E-state index in [1.165, 1.54) is 22.3 Å². The van der Waals surface area contributed by atoms with Gasteiger partial charge in [0.05, 0.1) is 5.92 Å². The van der Waals surface area contributed by atoms with Gasteiger partial charge in [0, 0.05) is 38.1 Å². The number of carboxylic acid groups (broad SMARTS) is 1. The zero-order valence-electron chi connectivity index (χ0n) is 16.9. The number of benzene rings is 2. The molecule has 3 aliphatic rings. The molecule has 2 aromatic rings. The Labute approximate surface area is 176 Å². The average Bonchev–Trinajstić information content (AvgIpc) is 3.10. The van der Waals surface area contributed by atoms with Crippen molar-refractivity contribution in [2.75, 3.05) is 32.8 Å². The van der Waals surface area contributed by atoms with E-state index >= 15 is 0 Å². The van der Waals surface area contributed by atoms with Crippen molar-refractivity contribution in [3.8, 4) is 11.1 Å². The molecule has 0 saturated carbocycles. The van der Waals surface area contributed by atoms with Crippen LogP contribution in [0.4, 0.5) is 4.79 Å². The highest BCUT2D eigenvalue weighted by Gasteiger charge is 2.37. The number of amides is 1. The Morgan fingerprint density at radius 2 is 1.60 bits per heavy atom. The number of rotatable bonds is 3. The van der Waals surface area contributed by atoms with Crippen LogP contribution in [0.25, 0.3) is 11.1 Å². The number of carboxylic acids is 1. The number of hydrogen-bond donors (Lipinski definition) is 1. The molecule has 6 nitrogen and oxygen atoms in total. The standard InChI is InChI=1S/C24H26N2O4/c27-23(28)16-9-10-17-14-26(12-11-25(17)13-16)24(29)30-15-22-20-7-3-1-5-18(20)19-6-2-4-8-21(19)22/h1-8,16-17,22H,9-15H2,(H,27,28). The summed E-state index contributed by atoms with van der Waals surface area (Å²) in [6.45, 7) is 2.82. The Balaban J connectivity index is 1.23. The Kier molecular flexibility index (Phi) is 4.95. The fourth-order valence-corrected chi connectivity index (χ4v) is 5.23. The maximum Gasteiger partial charge on any atom is 0.409 e. The van der Waals surface area contributed by atoms with Crippen molar-refractivity contribution in [3.63, 3.8) is 0 Å². The van der Waals surface area contributed by atoms with Gasteiger partial charge in [0.2, 0.25) is 0 Å². The Bertz CT molecular complexity index is 930. The van der Waals surface area contributed by atoms with Crippen molar-refractivity contribution in [1.29, 1.82) is 0 Å². The minimum Gasteiger partial charge on any atom is -0.481 e. The lowest BCUT2D eigenvalue weighted by Crippen LogP contribution is -2.58. The van der Waals surface area contributed by atoms with Crippen LogP contribution in [0, 0.1) is 5.92 Å². The number of piperidine rings is 1. The molecular weight excluding hydrogens is 380 g/mol. The molecule has 2 unspecified atom stereocenters. The predicted octanol–water partition coefficient (Wildman–Crippen LogP) is 3.42. The number of nitrogens with zero attached hydrogens (tertiary/aromatic N) is 2. The van der Waals surface area contributed by atoms with E-state index in [1.54, 1.807) is 4.90 Å². The van der Waals surface area contributed by atoms with Crippen LogP contribution in [0.15, 0.2) is 48.5 Å². The zero-order valence-corrected chi connectivity index (χ0v) is 16.9. The second-order valence-corrected chi connectivity index (χ2v) is 8.51. The third-order valence-corrected chi connectivity index (χ3v) is 6.85. The van der Waals surface area contributed by atoms with Crippen LogP contribution < -0.4 is 0 Å². The summed E-state index contributed by atoms with van der Waals surface area (Å²) in [6.07, 6.45) is 1.22. The van der Waals surface area contributed by atoms with E-state index in [0.29, 0.717) is 39.2 Å². The monoisotopic (exact) mass is 406 g/mol. The second-order valence-electron chi connectivity index (χ2n) is 8.51. The molecule has 1 N–H and O–H groups in total. The number of hydrogen-bond acceptors (Lipinski definition) is 4. The molecule has 2 aromatic carbocycles. The summed E-state index contributed by atoms with van der Waals surface area (Å²) < 4.78 is 5.79. The van der Waals surface area contributed by atoms with Gasteiger partial charge in [0.1, 0.15) is 6.61 Å². The van der Waals surface area contributed by atoms with Crippen molar-refractivity contribution in [1.82, 2.24) is 9.80 Å². The van der Waals surface area contributed by atoms with Crippen LogP contribution in [-0.4, -0.2) is 65.8 Å². The van der Waals surface area contributed by atoms with Crippen LogP contribution in [0.3, 0.4) is 0 Å². The first-order valence-corrected chi connectivity index (χ1v) is 10.7. The van der Waals surface area contributed by atoms with Gasteiger partial charge in [-0.05, 0) is 35.1 Å². The van der Waals surface area contributed by atoms with Crippen LogP contribution in [0.2, 0.25) is 0 Å². The molecular formula is C24H26N2O4. The average molecular weight is 406 g/mol. The lowest BCUT2D eigenvalue weighted by Gasteiger charge is -2.45. The molecule has 5 rings (SSSR count). The van der Waals surface area contributed by atoms with E-state index in [4.69, 9.17) is 4.74 Å². The molecule has 0 bridgehead atoms. The van der Waals surface area contributed by atoms with Gasteiger partial charge in [-0.25, -0.2) is 4.79 Å². The first-order chi connectivity index (χ1) is 14.6. The highest BCUT2D eigenvalue weighted by atomic mass is 16.6. The van der Waals surface area contributed by atoms with E-state index in [9.17, 15) is 14.7 Å². The van der Waals surface area contributed by atoms with Crippen molar-refractivity contribution in [2.24, 2.45) is 5.92 Å². The Hall–Kier alpha value is -2.86. The number of ether oxygens (including phenoxy) is 1. The third kappa shape index (κ3) is 3.35. The van der Waals surface area contributed by atoms with Crippen molar-refractivity contribution in [2.45, 2.75) is 24.8 Å². The normalized spacial score (nSPS) is 23.4. The van der Waals surface area contributed by atoms with E-state index in [-0.39, 0.29) is 24.0 Å². The molecule has 30 heavy (non-hydrogen) atoms. The second kappa shape index (κ2) is 7.76. The largest absolute Gasteiger partial charge is 0.481 e. The predicted molar refractivity (Wildman–Crippen MR) is 112 cm³/mol. The van der Waals surface area contributed by atoms with Gasteiger partial charge >= 0.3 is 12.1 Å². The van der Waals surface area contributed by atoms with E-state index in [2.05, 4.69) is 29.2 Å². The number of piperazine rings is 1. The molecule has 156 valence electrons. The van der Waals surface area contributed by atoms with Crippen LogP contribution in [0.1, 0.15) is 29.9 Å². The fourth-order valence-electron chi connectivity index (χ4n) is 5.23. The van der Waals surface area contributed by atoms with E-state index in [1.807, 2.05) is 24.3 Å². The number of aliphatic carboxylic acids is 1. The topological polar surface area (TPSA) is 70.1 Å². The molecule has 2 heterocycles. The van der Waals surface area contributed by atoms with Gasteiger partial charge in [0.25, 0.3) is 0 Å². The Morgan fingerprint density at radius 1 is 0.933 bits per heavy atom. The highest BCUT2D eigenvalue weighted by molar-refractivity contribution is 5.79. The maximum absolute atomic E-state index is 12.8. The molecule has 2 fully saturated rings. The van der Waals surface area contributed by atoms with Gasteiger partial charge in [0.15, 0.2) is 0 Å².